The van der Waals surface area contributed by atoms with Crippen LogP contribution < -0.4 is 5.32 Å². The second kappa shape index (κ2) is 5.08. The van der Waals surface area contributed by atoms with Gasteiger partial charge in [-0.05, 0) is 59.9 Å². The van der Waals surface area contributed by atoms with Gasteiger partial charge in [-0.3, -0.25) is 0 Å². The molecule has 3 atom stereocenters. The minimum Gasteiger partial charge on any atom is -0.444 e. The van der Waals surface area contributed by atoms with E-state index in [1.807, 2.05) is 32.7 Å². The second-order valence-corrected chi connectivity index (χ2v) is 6.58. The molecule has 0 saturated carbocycles. The number of ether oxygens (including phenoxy) is 1. The first-order valence-corrected chi connectivity index (χ1v) is 7.09. The Morgan fingerprint density at radius 3 is 2.22 bits per heavy atom. The highest BCUT2D eigenvalue weighted by Gasteiger charge is 2.42. The summed E-state index contributed by atoms with van der Waals surface area (Å²) in [7, 11) is 2.02. The molecule has 2 heterocycles. The lowest BCUT2D eigenvalue weighted by Gasteiger charge is -2.48. The third-order valence-corrected chi connectivity index (χ3v) is 3.99. The molecule has 0 aromatic heterocycles. The zero-order chi connectivity index (χ0) is 13.3. The molecule has 2 bridgehead atoms. The number of hydrogen-bond donors (Lipinski definition) is 1. The van der Waals surface area contributed by atoms with Crippen LogP contribution in [-0.4, -0.2) is 41.8 Å². The van der Waals surface area contributed by atoms with Gasteiger partial charge in [-0.2, -0.15) is 0 Å². The van der Waals surface area contributed by atoms with E-state index in [4.69, 9.17) is 4.74 Å². The van der Waals surface area contributed by atoms with Gasteiger partial charge in [0.15, 0.2) is 0 Å². The van der Waals surface area contributed by atoms with Gasteiger partial charge >= 0.3 is 6.09 Å². The number of fused-ring (bicyclic) bond motifs is 2. The predicted molar refractivity (Wildman–Crippen MR) is 71.6 cm³/mol. The van der Waals surface area contributed by atoms with E-state index in [2.05, 4.69) is 5.32 Å². The zero-order valence-electron chi connectivity index (χ0n) is 12.0. The molecule has 2 saturated heterocycles. The van der Waals surface area contributed by atoms with Crippen molar-refractivity contribution in [3.8, 4) is 0 Å². The Bertz CT molecular complexity index is 297. The second-order valence-electron chi connectivity index (χ2n) is 6.58. The molecule has 104 valence electrons. The highest BCUT2D eigenvalue weighted by molar-refractivity contribution is 5.69. The van der Waals surface area contributed by atoms with Crippen molar-refractivity contribution in [3.63, 3.8) is 0 Å². The van der Waals surface area contributed by atoms with E-state index in [1.54, 1.807) is 0 Å². The van der Waals surface area contributed by atoms with Crippen LogP contribution >= 0.6 is 0 Å². The third-order valence-electron chi connectivity index (χ3n) is 3.99. The van der Waals surface area contributed by atoms with Gasteiger partial charge in [-0.25, -0.2) is 4.79 Å². The molecule has 2 rings (SSSR count). The van der Waals surface area contributed by atoms with Gasteiger partial charge in [0.2, 0.25) is 0 Å². The van der Waals surface area contributed by atoms with Crippen LogP contribution in [0.1, 0.15) is 52.9 Å². The molecule has 0 aliphatic carbocycles. The summed E-state index contributed by atoms with van der Waals surface area (Å²) in [6, 6.07) is 1.29. The van der Waals surface area contributed by atoms with Crippen molar-refractivity contribution < 1.29 is 9.53 Å². The van der Waals surface area contributed by atoms with Crippen LogP contribution in [-0.2, 0) is 4.74 Å². The molecule has 0 aromatic carbocycles. The average Bonchev–Trinajstić information content (AvgIpc) is 2.24. The summed E-state index contributed by atoms with van der Waals surface area (Å²) < 4.78 is 5.55. The molecule has 2 fully saturated rings. The van der Waals surface area contributed by atoms with Crippen LogP contribution in [0.3, 0.4) is 0 Å². The van der Waals surface area contributed by atoms with Crippen LogP contribution in [0.5, 0.6) is 0 Å². The maximum atomic E-state index is 12.3. The monoisotopic (exact) mass is 254 g/mol. The number of hydrogen-bond acceptors (Lipinski definition) is 3. The van der Waals surface area contributed by atoms with Crippen LogP contribution in [0.15, 0.2) is 0 Å². The fraction of sp³-hybridized carbons (Fsp3) is 0.929. The van der Waals surface area contributed by atoms with E-state index >= 15 is 0 Å². The molecule has 18 heavy (non-hydrogen) atoms. The lowest BCUT2D eigenvalue weighted by molar-refractivity contribution is -0.0229. The Kier molecular flexibility index (Phi) is 3.85. The molecule has 1 amide bonds. The van der Waals surface area contributed by atoms with E-state index in [1.165, 1.54) is 6.42 Å². The Morgan fingerprint density at radius 1 is 1.22 bits per heavy atom. The summed E-state index contributed by atoms with van der Waals surface area (Å²) in [5, 5.41) is 3.36. The molecule has 0 radical (unpaired) electrons. The summed E-state index contributed by atoms with van der Waals surface area (Å²) in [6.45, 7) is 5.79. The number of carbonyl (C=O) groups is 1. The van der Waals surface area contributed by atoms with E-state index < -0.39 is 5.60 Å². The number of nitrogens with zero attached hydrogens (tertiary/aromatic N) is 1. The first-order valence-electron chi connectivity index (χ1n) is 7.09. The van der Waals surface area contributed by atoms with Gasteiger partial charge < -0.3 is 15.0 Å². The molecule has 0 unspecified atom stereocenters. The summed E-state index contributed by atoms with van der Waals surface area (Å²) >= 11 is 0. The van der Waals surface area contributed by atoms with E-state index in [0.29, 0.717) is 18.1 Å². The summed E-state index contributed by atoms with van der Waals surface area (Å²) in [5.41, 5.74) is -0.398. The normalized spacial score (nSPS) is 32.2. The first-order chi connectivity index (χ1) is 8.40. The highest BCUT2D eigenvalue weighted by atomic mass is 16.6. The van der Waals surface area contributed by atoms with Gasteiger partial charge in [0.25, 0.3) is 0 Å². The molecule has 0 spiro atoms. The van der Waals surface area contributed by atoms with Gasteiger partial charge in [0, 0.05) is 18.1 Å². The molecule has 2 aliphatic rings. The van der Waals surface area contributed by atoms with Gasteiger partial charge in [0.1, 0.15) is 5.60 Å². The van der Waals surface area contributed by atoms with E-state index in [-0.39, 0.29) is 6.09 Å². The third kappa shape index (κ3) is 2.97. The van der Waals surface area contributed by atoms with Crippen molar-refractivity contribution in [2.24, 2.45) is 0 Å². The fourth-order valence-electron chi connectivity index (χ4n) is 3.23. The van der Waals surface area contributed by atoms with Crippen molar-refractivity contribution in [1.29, 1.82) is 0 Å². The number of amides is 1. The van der Waals surface area contributed by atoms with E-state index in [9.17, 15) is 4.79 Å². The molecule has 4 nitrogen and oxygen atoms in total. The molecule has 2 aliphatic heterocycles. The summed E-state index contributed by atoms with van der Waals surface area (Å²) in [5.74, 6) is 0. The minimum absolute atomic E-state index is 0.119. The zero-order valence-corrected chi connectivity index (χ0v) is 12.0. The number of nitrogens with one attached hydrogen (secondary N) is 1. The SMILES string of the molecule is CN[C@@H]1C[C@H]2CCC[C@@H](C1)N2C(=O)OC(C)(C)C. The highest BCUT2D eigenvalue weighted by Crippen LogP contribution is 2.35. The molecular weight excluding hydrogens is 228 g/mol. The smallest absolute Gasteiger partial charge is 0.410 e. The van der Waals surface area contributed by atoms with Crippen molar-refractivity contribution in [3.05, 3.63) is 0 Å². The van der Waals surface area contributed by atoms with Crippen molar-refractivity contribution >= 4 is 6.09 Å². The lowest BCUT2D eigenvalue weighted by Crippen LogP contribution is -2.58. The van der Waals surface area contributed by atoms with Crippen LogP contribution in [0.2, 0.25) is 0 Å². The minimum atomic E-state index is -0.398. The predicted octanol–water partition coefficient (Wildman–Crippen LogP) is 2.53. The van der Waals surface area contributed by atoms with Gasteiger partial charge in [-0.1, -0.05) is 0 Å². The Balaban J connectivity index is 2.06. The first kappa shape index (κ1) is 13.7. The maximum absolute atomic E-state index is 12.3. The molecule has 4 heteroatoms. The van der Waals surface area contributed by atoms with Crippen molar-refractivity contribution in [1.82, 2.24) is 10.2 Å². The number of rotatable bonds is 1. The molecule has 1 N–H and O–H groups in total. The standard InChI is InChI=1S/C14H26N2O2/c1-14(2,3)18-13(17)16-11-6-5-7-12(16)9-10(8-11)15-4/h10-12,15H,5-9H2,1-4H3/t10-,11-,12+. The lowest BCUT2D eigenvalue weighted by atomic mass is 9.82. The summed E-state index contributed by atoms with van der Waals surface area (Å²) in [4.78, 5) is 14.3. The molecular formula is C14H26N2O2. The Hall–Kier alpha value is -0.770. The Labute approximate surface area is 110 Å². The van der Waals surface area contributed by atoms with Gasteiger partial charge in [0.05, 0.1) is 0 Å². The summed E-state index contributed by atoms with van der Waals surface area (Å²) in [6.07, 6.45) is 5.48. The van der Waals surface area contributed by atoms with Gasteiger partial charge in [-0.15, -0.1) is 0 Å². The van der Waals surface area contributed by atoms with Crippen molar-refractivity contribution in [2.45, 2.75) is 76.6 Å². The van der Waals surface area contributed by atoms with Crippen molar-refractivity contribution in [2.75, 3.05) is 7.05 Å². The quantitative estimate of drug-likeness (QED) is 0.782. The number of carbonyl (C=O) groups excluding carboxylic acids is 1. The fourth-order valence-corrected chi connectivity index (χ4v) is 3.23. The number of piperidine rings is 2. The molecule has 0 aromatic rings. The topological polar surface area (TPSA) is 41.6 Å². The Morgan fingerprint density at radius 2 is 1.78 bits per heavy atom. The maximum Gasteiger partial charge on any atom is 0.410 e. The van der Waals surface area contributed by atoms with E-state index in [0.717, 1.165) is 25.7 Å². The van der Waals surface area contributed by atoms with Crippen LogP contribution in [0, 0.1) is 0 Å². The van der Waals surface area contributed by atoms with Crippen LogP contribution in [0.25, 0.3) is 0 Å². The van der Waals surface area contributed by atoms with Crippen LogP contribution in [0.4, 0.5) is 4.79 Å². The average molecular weight is 254 g/mol. The largest absolute Gasteiger partial charge is 0.444 e.